The lowest BCUT2D eigenvalue weighted by molar-refractivity contribution is -0.140. The van der Waals surface area contributed by atoms with E-state index in [0.717, 1.165) is 49.8 Å². The lowest BCUT2D eigenvalue weighted by Crippen LogP contribution is -2.56. The molecule has 0 radical (unpaired) electrons. The fourth-order valence-electron chi connectivity index (χ4n) is 5.37. The minimum atomic E-state index is 0.244. The summed E-state index contributed by atoms with van der Waals surface area (Å²) >= 11 is 0. The second-order valence-electron chi connectivity index (χ2n) is 8.79. The number of aryl methyl sites for hydroxylation is 2. The second kappa shape index (κ2) is 6.82. The quantitative estimate of drug-likeness (QED) is 0.813. The van der Waals surface area contributed by atoms with Crippen LogP contribution in [-0.4, -0.2) is 46.5 Å². The molecule has 1 aromatic heterocycles. The zero-order chi connectivity index (χ0) is 18.3. The van der Waals surface area contributed by atoms with Crippen molar-refractivity contribution in [1.82, 2.24) is 14.9 Å². The lowest BCUT2D eigenvalue weighted by Gasteiger charge is -2.50. The van der Waals surface area contributed by atoms with Gasteiger partial charge in [-0.3, -0.25) is 4.79 Å². The summed E-state index contributed by atoms with van der Waals surface area (Å²) in [6.07, 6.45) is 9.16. The molecule has 1 amide bonds. The Balaban J connectivity index is 1.57. The van der Waals surface area contributed by atoms with Crippen molar-refractivity contribution >= 4 is 11.7 Å². The maximum absolute atomic E-state index is 12.6. The fourth-order valence-corrected chi connectivity index (χ4v) is 5.37. The average Bonchev–Trinajstić information content (AvgIpc) is 3.15. The van der Waals surface area contributed by atoms with Gasteiger partial charge in [0.25, 0.3) is 0 Å². The maximum atomic E-state index is 12.6. The molecule has 5 nitrogen and oxygen atoms in total. The highest BCUT2D eigenvalue weighted by Gasteiger charge is 2.44. The number of carbonyl (C=O) groups is 1. The van der Waals surface area contributed by atoms with Crippen LogP contribution in [0.25, 0.3) is 0 Å². The molecule has 3 heterocycles. The van der Waals surface area contributed by atoms with Gasteiger partial charge in [-0.05, 0) is 52.9 Å². The summed E-state index contributed by atoms with van der Waals surface area (Å²) in [5, 5.41) is 0. The molecule has 1 spiro atoms. The van der Waals surface area contributed by atoms with Crippen LogP contribution in [-0.2, 0) is 4.79 Å². The molecule has 4 rings (SSSR count). The smallest absolute Gasteiger partial charge is 0.222 e. The summed E-state index contributed by atoms with van der Waals surface area (Å²) < 4.78 is 0. The second-order valence-corrected chi connectivity index (χ2v) is 8.79. The number of anilines is 1. The number of nitrogens with zero attached hydrogens (tertiary/aromatic N) is 4. The number of rotatable bonds is 2. The Morgan fingerprint density at radius 1 is 1.00 bits per heavy atom. The molecule has 1 aliphatic carbocycles. The Morgan fingerprint density at radius 3 is 2.54 bits per heavy atom. The molecule has 0 bridgehead atoms. The zero-order valence-corrected chi connectivity index (χ0v) is 16.6. The third-order valence-electron chi connectivity index (χ3n) is 6.90. The molecule has 0 unspecified atom stereocenters. The van der Waals surface area contributed by atoms with Crippen molar-refractivity contribution in [2.75, 3.05) is 24.5 Å². The van der Waals surface area contributed by atoms with Crippen molar-refractivity contribution in [3.8, 4) is 0 Å². The Hall–Kier alpha value is -1.65. The zero-order valence-electron chi connectivity index (χ0n) is 16.6. The number of carbonyl (C=O) groups excluding carboxylic acids is 1. The van der Waals surface area contributed by atoms with Crippen LogP contribution in [0.4, 0.5) is 5.82 Å². The number of hydrogen-bond acceptors (Lipinski definition) is 4. The van der Waals surface area contributed by atoms with E-state index in [1.54, 1.807) is 0 Å². The summed E-state index contributed by atoms with van der Waals surface area (Å²) in [6.45, 7) is 9.25. The standard InChI is InChI=1S/C21H32N4O/c1-15-16(2)22-17(3)23-20(15)24-12-6-10-21(13-24)11-9-19(26)25(14-21)18-7-4-5-8-18/h18H,4-14H2,1-3H3/t21-/m1/s1. The van der Waals surface area contributed by atoms with Gasteiger partial charge in [0.05, 0.1) is 0 Å². The minimum absolute atomic E-state index is 0.244. The number of likely N-dealkylation sites (tertiary alicyclic amines) is 1. The number of aromatic nitrogens is 2. The van der Waals surface area contributed by atoms with Crippen molar-refractivity contribution in [3.05, 3.63) is 17.1 Å². The first-order chi connectivity index (χ1) is 12.5. The van der Waals surface area contributed by atoms with E-state index in [9.17, 15) is 4.79 Å². The Morgan fingerprint density at radius 2 is 1.77 bits per heavy atom. The summed E-state index contributed by atoms with van der Waals surface area (Å²) in [7, 11) is 0. The molecule has 0 aromatic carbocycles. The van der Waals surface area contributed by atoms with E-state index >= 15 is 0 Å². The summed E-state index contributed by atoms with van der Waals surface area (Å²) in [5.74, 6) is 2.36. The summed E-state index contributed by atoms with van der Waals surface area (Å²) in [5.41, 5.74) is 2.53. The van der Waals surface area contributed by atoms with E-state index in [1.807, 2.05) is 6.92 Å². The van der Waals surface area contributed by atoms with Crippen LogP contribution in [0.2, 0.25) is 0 Å². The van der Waals surface area contributed by atoms with Crippen LogP contribution >= 0.6 is 0 Å². The SMILES string of the molecule is Cc1nc(C)c(C)c(N2CCC[C@@]3(CCC(=O)N(C4CCCC4)C3)C2)n1. The summed E-state index contributed by atoms with van der Waals surface area (Å²) in [4.78, 5) is 26.6. The number of amides is 1. The van der Waals surface area contributed by atoms with Crippen molar-refractivity contribution in [2.24, 2.45) is 5.41 Å². The third kappa shape index (κ3) is 3.21. The van der Waals surface area contributed by atoms with Crippen molar-refractivity contribution in [3.63, 3.8) is 0 Å². The van der Waals surface area contributed by atoms with Crippen molar-refractivity contribution in [2.45, 2.75) is 78.2 Å². The third-order valence-corrected chi connectivity index (χ3v) is 6.90. The predicted octanol–water partition coefficient (Wildman–Crippen LogP) is 3.55. The van der Waals surface area contributed by atoms with E-state index in [1.165, 1.54) is 44.1 Å². The molecule has 2 saturated heterocycles. The normalized spacial score (nSPS) is 27.6. The van der Waals surface area contributed by atoms with Gasteiger partial charge in [0.15, 0.2) is 0 Å². The molecule has 5 heteroatoms. The molecular weight excluding hydrogens is 324 g/mol. The highest BCUT2D eigenvalue weighted by molar-refractivity contribution is 5.77. The molecule has 1 saturated carbocycles. The molecule has 142 valence electrons. The molecule has 26 heavy (non-hydrogen) atoms. The van der Waals surface area contributed by atoms with Gasteiger partial charge in [0.1, 0.15) is 11.6 Å². The van der Waals surface area contributed by atoms with Crippen molar-refractivity contribution < 1.29 is 4.79 Å². The van der Waals surface area contributed by atoms with Gasteiger partial charge in [-0.25, -0.2) is 9.97 Å². The summed E-state index contributed by atoms with van der Waals surface area (Å²) in [6, 6.07) is 0.500. The van der Waals surface area contributed by atoms with Crippen LogP contribution in [0.1, 0.15) is 68.4 Å². The van der Waals surface area contributed by atoms with Crippen LogP contribution in [0.15, 0.2) is 0 Å². The van der Waals surface area contributed by atoms with Gasteiger partial charge in [-0.1, -0.05) is 12.8 Å². The van der Waals surface area contributed by atoms with Gasteiger partial charge in [-0.2, -0.15) is 0 Å². The maximum Gasteiger partial charge on any atom is 0.222 e. The minimum Gasteiger partial charge on any atom is -0.356 e. The number of hydrogen-bond donors (Lipinski definition) is 0. The first-order valence-corrected chi connectivity index (χ1v) is 10.3. The van der Waals surface area contributed by atoms with E-state index < -0.39 is 0 Å². The van der Waals surface area contributed by atoms with Gasteiger partial charge in [0, 0.05) is 48.8 Å². The molecular formula is C21H32N4O. The Bertz CT molecular complexity index is 697. The predicted molar refractivity (Wildman–Crippen MR) is 103 cm³/mol. The molecule has 1 atom stereocenters. The van der Waals surface area contributed by atoms with Crippen molar-refractivity contribution in [1.29, 1.82) is 0 Å². The van der Waals surface area contributed by atoms with Crippen LogP contribution in [0.3, 0.4) is 0 Å². The Labute approximate surface area is 157 Å². The van der Waals surface area contributed by atoms with E-state index in [0.29, 0.717) is 11.9 Å². The van der Waals surface area contributed by atoms with Gasteiger partial charge in [-0.15, -0.1) is 0 Å². The monoisotopic (exact) mass is 356 g/mol. The van der Waals surface area contributed by atoms with Crippen LogP contribution in [0, 0.1) is 26.2 Å². The van der Waals surface area contributed by atoms with Crippen LogP contribution in [0.5, 0.6) is 0 Å². The molecule has 1 aromatic rings. The molecule has 3 fully saturated rings. The lowest BCUT2D eigenvalue weighted by atomic mass is 9.73. The van der Waals surface area contributed by atoms with Gasteiger partial charge in [0.2, 0.25) is 5.91 Å². The first-order valence-electron chi connectivity index (χ1n) is 10.3. The molecule has 3 aliphatic rings. The number of piperidine rings is 2. The first kappa shape index (κ1) is 17.7. The highest BCUT2D eigenvalue weighted by Crippen LogP contribution is 2.42. The van der Waals surface area contributed by atoms with Crippen LogP contribution < -0.4 is 4.90 Å². The topological polar surface area (TPSA) is 49.3 Å². The fraction of sp³-hybridized carbons (Fsp3) is 0.762. The van der Waals surface area contributed by atoms with Gasteiger partial charge < -0.3 is 9.80 Å². The molecule has 2 aliphatic heterocycles. The average molecular weight is 357 g/mol. The van der Waals surface area contributed by atoms with E-state index in [2.05, 4.69) is 28.6 Å². The van der Waals surface area contributed by atoms with E-state index in [4.69, 9.17) is 4.98 Å². The Kier molecular flexibility index (Phi) is 4.66. The van der Waals surface area contributed by atoms with E-state index in [-0.39, 0.29) is 5.41 Å². The molecule has 0 N–H and O–H groups in total. The highest BCUT2D eigenvalue weighted by atomic mass is 16.2. The largest absolute Gasteiger partial charge is 0.356 e. The van der Waals surface area contributed by atoms with Gasteiger partial charge >= 0.3 is 0 Å².